The van der Waals surface area contributed by atoms with Crippen molar-refractivity contribution in [2.24, 2.45) is 0 Å². The van der Waals surface area contributed by atoms with Crippen molar-refractivity contribution in [2.45, 2.75) is 45.2 Å². The van der Waals surface area contributed by atoms with Crippen LogP contribution in [0.3, 0.4) is 0 Å². The largest absolute Gasteiger partial charge is 0.352 e. The Labute approximate surface area is 90.4 Å². The number of amides is 1. The molecule has 1 saturated heterocycles. The highest BCUT2D eigenvalue weighted by atomic mass is 32.2. The first-order chi connectivity index (χ1) is 6.74. The van der Waals surface area contributed by atoms with Gasteiger partial charge in [0.25, 0.3) is 0 Å². The van der Waals surface area contributed by atoms with Gasteiger partial charge in [0.1, 0.15) is 0 Å². The number of unbranched alkanes of at least 4 members (excludes halogenated alkanes) is 1. The number of nitrogens with one attached hydrogen (secondary N) is 2. The molecule has 0 radical (unpaired) electrons. The standard InChI is InChI=1S/C10H20N2OS/c1-3-4-5-8(2)12-10(13)9-6-14-7-11-9/h8-9,11H,3-7H2,1-2H3,(H,12,13). The molecule has 1 fully saturated rings. The smallest absolute Gasteiger partial charge is 0.238 e. The summed E-state index contributed by atoms with van der Waals surface area (Å²) in [6.45, 7) is 4.25. The SMILES string of the molecule is CCCCC(C)NC(=O)C1CSCN1. The second kappa shape index (κ2) is 6.30. The van der Waals surface area contributed by atoms with Gasteiger partial charge in [-0.05, 0) is 13.3 Å². The Morgan fingerprint density at radius 2 is 2.50 bits per heavy atom. The van der Waals surface area contributed by atoms with E-state index in [2.05, 4.69) is 24.5 Å². The van der Waals surface area contributed by atoms with Crippen LogP contribution >= 0.6 is 11.8 Å². The zero-order valence-corrected chi connectivity index (χ0v) is 9.82. The molecule has 1 aliphatic rings. The molecule has 1 aliphatic heterocycles. The molecule has 2 N–H and O–H groups in total. The van der Waals surface area contributed by atoms with Gasteiger partial charge in [-0.1, -0.05) is 19.8 Å². The van der Waals surface area contributed by atoms with Gasteiger partial charge < -0.3 is 5.32 Å². The molecule has 2 atom stereocenters. The molecule has 0 aliphatic carbocycles. The first-order valence-corrected chi connectivity index (χ1v) is 6.51. The Balaban J connectivity index is 2.18. The van der Waals surface area contributed by atoms with Crippen molar-refractivity contribution in [2.75, 3.05) is 11.6 Å². The molecule has 2 unspecified atom stereocenters. The zero-order valence-electron chi connectivity index (χ0n) is 9.01. The lowest BCUT2D eigenvalue weighted by molar-refractivity contribution is -0.123. The van der Waals surface area contributed by atoms with E-state index in [4.69, 9.17) is 0 Å². The molecule has 0 saturated carbocycles. The molecule has 0 bridgehead atoms. The third-order valence-corrected chi connectivity index (χ3v) is 3.35. The molecular weight excluding hydrogens is 196 g/mol. The van der Waals surface area contributed by atoms with Crippen LogP contribution in [0.5, 0.6) is 0 Å². The van der Waals surface area contributed by atoms with Crippen LogP contribution in [0.4, 0.5) is 0 Å². The van der Waals surface area contributed by atoms with E-state index in [1.807, 2.05) is 0 Å². The van der Waals surface area contributed by atoms with Crippen LogP contribution in [0.2, 0.25) is 0 Å². The van der Waals surface area contributed by atoms with Gasteiger partial charge in [-0.2, -0.15) is 0 Å². The van der Waals surface area contributed by atoms with Gasteiger partial charge >= 0.3 is 0 Å². The Hall–Kier alpha value is -0.220. The minimum atomic E-state index is 0.0316. The summed E-state index contributed by atoms with van der Waals surface area (Å²) in [7, 11) is 0. The van der Waals surface area contributed by atoms with Crippen molar-refractivity contribution in [1.82, 2.24) is 10.6 Å². The third kappa shape index (κ3) is 3.88. The van der Waals surface area contributed by atoms with Crippen LogP contribution in [0.25, 0.3) is 0 Å². The number of hydrogen-bond donors (Lipinski definition) is 2. The van der Waals surface area contributed by atoms with Gasteiger partial charge in [0.2, 0.25) is 5.91 Å². The topological polar surface area (TPSA) is 41.1 Å². The number of hydrogen-bond acceptors (Lipinski definition) is 3. The fraction of sp³-hybridized carbons (Fsp3) is 0.900. The number of rotatable bonds is 5. The Morgan fingerprint density at radius 3 is 3.07 bits per heavy atom. The Bertz CT molecular complexity index is 181. The molecule has 0 aromatic rings. The van der Waals surface area contributed by atoms with Crippen molar-refractivity contribution in [3.05, 3.63) is 0 Å². The summed E-state index contributed by atoms with van der Waals surface area (Å²) in [4.78, 5) is 11.6. The summed E-state index contributed by atoms with van der Waals surface area (Å²) in [6, 6.07) is 0.346. The molecular formula is C10H20N2OS. The van der Waals surface area contributed by atoms with Gasteiger partial charge in [0.15, 0.2) is 0 Å². The lowest BCUT2D eigenvalue weighted by Gasteiger charge is -2.16. The molecule has 3 nitrogen and oxygen atoms in total. The molecule has 4 heteroatoms. The molecule has 82 valence electrons. The molecule has 1 amide bonds. The van der Waals surface area contributed by atoms with E-state index in [9.17, 15) is 4.79 Å². The van der Waals surface area contributed by atoms with E-state index >= 15 is 0 Å². The van der Waals surface area contributed by atoms with Crippen molar-refractivity contribution in [3.8, 4) is 0 Å². The van der Waals surface area contributed by atoms with Crippen LogP contribution in [0.1, 0.15) is 33.1 Å². The van der Waals surface area contributed by atoms with Crippen LogP contribution < -0.4 is 10.6 Å². The normalized spacial score (nSPS) is 23.4. The predicted molar refractivity (Wildman–Crippen MR) is 61.4 cm³/mol. The van der Waals surface area contributed by atoms with E-state index in [0.717, 1.165) is 18.1 Å². The van der Waals surface area contributed by atoms with E-state index in [1.54, 1.807) is 11.8 Å². The van der Waals surface area contributed by atoms with Crippen LogP contribution in [-0.2, 0) is 4.79 Å². The fourth-order valence-electron chi connectivity index (χ4n) is 1.49. The van der Waals surface area contributed by atoms with Gasteiger partial charge in [0.05, 0.1) is 6.04 Å². The summed E-state index contributed by atoms with van der Waals surface area (Å²) in [5.74, 6) is 1.98. The second-order valence-corrected chi connectivity index (χ2v) is 4.85. The summed E-state index contributed by atoms with van der Waals surface area (Å²) >= 11 is 1.78. The molecule has 14 heavy (non-hydrogen) atoms. The first kappa shape index (κ1) is 11.9. The Morgan fingerprint density at radius 1 is 1.71 bits per heavy atom. The lowest BCUT2D eigenvalue weighted by Crippen LogP contribution is -2.45. The van der Waals surface area contributed by atoms with E-state index in [0.29, 0.717) is 6.04 Å². The van der Waals surface area contributed by atoms with Crippen LogP contribution in [-0.4, -0.2) is 29.6 Å². The van der Waals surface area contributed by atoms with Gasteiger partial charge in [0, 0.05) is 17.7 Å². The van der Waals surface area contributed by atoms with Crippen LogP contribution in [0.15, 0.2) is 0 Å². The molecule has 1 heterocycles. The number of carbonyl (C=O) groups excluding carboxylic acids is 1. The number of thioether (sulfide) groups is 1. The van der Waals surface area contributed by atoms with Crippen LogP contribution in [0, 0.1) is 0 Å². The molecule has 0 aromatic heterocycles. The van der Waals surface area contributed by atoms with Gasteiger partial charge in [-0.3, -0.25) is 10.1 Å². The molecule has 0 aromatic carbocycles. The van der Waals surface area contributed by atoms with Crippen molar-refractivity contribution < 1.29 is 4.79 Å². The van der Waals surface area contributed by atoms with Gasteiger partial charge in [-0.25, -0.2) is 0 Å². The molecule has 0 spiro atoms. The van der Waals surface area contributed by atoms with E-state index < -0.39 is 0 Å². The number of carbonyl (C=O) groups is 1. The summed E-state index contributed by atoms with van der Waals surface area (Å²) < 4.78 is 0. The minimum absolute atomic E-state index is 0.0316. The molecule has 1 rings (SSSR count). The summed E-state index contributed by atoms with van der Waals surface area (Å²) in [5, 5.41) is 6.21. The maximum absolute atomic E-state index is 11.6. The van der Waals surface area contributed by atoms with Crippen molar-refractivity contribution >= 4 is 17.7 Å². The average Bonchev–Trinajstić information content (AvgIpc) is 2.67. The highest BCUT2D eigenvalue weighted by Gasteiger charge is 2.22. The monoisotopic (exact) mass is 216 g/mol. The summed E-state index contributed by atoms with van der Waals surface area (Å²) in [6.07, 6.45) is 3.47. The second-order valence-electron chi connectivity index (χ2n) is 3.82. The van der Waals surface area contributed by atoms with Crippen molar-refractivity contribution in [3.63, 3.8) is 0 Å². The highest BCUT2D eigenvalue weighted by Crippen LogP contribution is 2.10. The highest BCUT2D eigenvalue weighted by molar-refractivity contribution is 7.99. The third-order valence-electron chi connectivity index (χ3n) is 2.41. The van der Waals surface area contributed by atoms with E-state index in [1.165, 1.54) is 12.8 Å². The first-order valence-electron chi connectivity index (χ1n) is 5.35. The minimum Gasteiger partial charge on any atom is -0.352 e. The average molecular weight is 216 g/mol. The zero-order chi connectivity index (χ0) is 10.4. The maximum atomic E-state index is 11.6. The summed E-state index contributed by atoms with van der Waals surface area (Å²) in [5.41, 5.74) is 0. The maximum Gasteiger partial charge on any atom is 0.238 e. The predicted octanol–water partition coefficient (Wildman–Crippen LogP) is 1.34. The van der Waals surface area contributed by atoms with Gasteiger partial charge in [-0.15, -0.1) is 11.8 Å². The quantitative estimate of drug-likeness (QED) is 0.729. The lowest BCUT2D eigenvalue weighted by atomic mass is 10.1. The Kier molecular flexibility index (Phi) is 5.33. The fourth-order valence-corrected chi connectivity index (χ4v) is 2.43. The van der Waals surface area contributed by atoms with Crippen molar-refractivity contribution in [1.29, 1.82) is 0 Å². The van der Waals surface area contributed by atoms with E-state index in [-0.39, 0.29) is 11.9 Å².